The normalized spacial score (nSPS) is 16.8. The van der Waals surface area contributed by atoms with Crippen LogP contribution in [-0.4, -0.2) is 48.9 Å². The van der Waals surface area contributed by atoms with Crippen molar-refractivity contribution in [1.29, 1.82) is 0 Å². The Morgan fingerprint density at radius 1 is 1.00 bits per heavy atom. The third-order valence-electron chi connectivity index (χ3n) is 6.30. The van der Waals surface area contributed by atoms with Crippen LogP contribution in [0.2, 0.25) is 5.02 Å². The molecule has 1 saturated heterocycles. The lowest BCUT2D eigenvalue weighted by Gasteiger charge is -2.42. The monoisotopic (exact) mass is 488 g/mol. The minimum absolute atomic E-state index is 0.0912. The van der Waals surface area contributed by atoms with Gasteiger partial charge in [0.1, 0.15) is 5.75 Å². The molecule has 4 rings (SSSR count). The Morgan fingerprint density at radius 2 is 1.74 bits per heavy atom. The maximum Gasteiger partial charge on any atom is 0.119 e. The van der Waals surface area contributed by atoms with Gasteiger partial charge in [-0.15, -0.1) is 0 Å². The van der Waals surface area contributed by atoms with Gasteiger partial charge in [-0.3, -0.25) is 4.90 Å². The van der Waals surface area contributed by atoms with Crippen LogP contribution in [0.5, 0.6) is 5.75 Å². The Hall–Kier alpha value is -2.81. The van der Waals surface area contributed by atoms with Crippen molar-refractivity contribution < 1.29 is 9.84 Å². The lowest BCUT2D eigenvalue weighted by molar-refractivity contribution is 0.113. The smallest absolute Gasteiger partial charge is 0.119 e. The van der Waals surface area contributed by atoms with Gasteiger partial charge >= 0.3 is 0 Å². The molecular formula is C30H33ClN2O2. The highest BCUT2D eigenvalue weighted by Crippen LogP contribution is 2.32. The first-order chi connectivity index (χ1) is 17.2. The van der Waals surface area contributed by atoms with E-state index < -0.39 is 0 Å². The van der Waals surface area contributed by atoms with Crippen molar-refractivity contribution in [3.05, 3.63) is 101 Å². The maximum absolute atomic E-state index is 8.84. The molecule has 35 heavy (non-hydrogen) atoms. The summed E-state index contributed by atoms with van der Waals surface area (Å²) in [7, 11) is 0. The summed E-state index contributed by atoms with van der Waals surface area (Å²) in [6, 6.07) is 27.5. The number of benzene rings is 3. The molecule has 0 aromatic heterocycles. The first-order valence-electron chi connectivity index (χ1n) is 12.3. The lowest BCUT2D eigenvalue weighted by Crippen LogP contribution is -2.52. The number of aliphatic hydroxyl groups excluding tert-OH is 1. The largest absolute Gasteiger partial charge is 0.494 e. The molecule has 0 saturated carbocycles. The molecule has 0 aliphatic carbocycles. The van der Waals surface area contributed by atoms with Crippen LogP contribution < -0.4 is 10.1 Å². The standard InChI is InChI=1S/C30H33ClN2O2/c31-27-15-13-26(14-16-27)30(25-8-2-1-3-9-25)33-20-19-32-23-28(33)10-6-22-35-29-17-11-24(12-18-29)7-4-5-21-34/h1-3,8-9,11-18,28,30,32,34H,5-6,10,19-23H2. The number of rotatable bonds is 9. The van der Waals surface area contributed by atoms with E-state index in [-0.39, 0.29) is 12.6 Å². The molecule has 0 bridgehead atoms. The van der Waals surface area contributed by atoms with Gasteiger partial charge in [0.15, 0.2) is 0 Å². The number of halogens is 1. The zero-order valence-electron chi connectivity index (χ0n) is 20.0. The highest BCUT2D eigenvalue weighted by molar-refractivity contribution is 6.30. The van der Waals surface area contributed by atoms with Crippen molar-refractivity contribution in [2.24, 2.45) is 0 Å². The number of nitrogens with zero attached hydrogens (tertiary/aromatic N) is 1. The quantitative estimate of drug-likeness (QED) is 0.317. The van der Waals surface area contributed by atoms with E-state index in [4.69, 9.17) is 21.4 Å². The van der Waals surface area contributed by atoms with E-state index in [1.165, 1.54) is 11.1 Å². The number of nitrogens with one attached hydrogen (secondary N) is 1. The average Bonchev–Trinajstić information content (AvgIpc) is 2.90. The van der Waals surface area contributed by atoms with Gasteiger partial charge in [-0.2, -0.15) is 0 Å². The molecule has 1 aliphatic heterocycles. The van der Waals surface area contributed by atoms with Gasteiger partial charge in [0.05, 0.1) is 19.3 Å². The Morgan fingerprint density at radius 3 is 2.49 bits per heavy atom. The minimum atomic E-state index is 0.0912. The summed E-state index contributed by atoms with van der Waals surface area (Å²) < 4.78 is 6.01. The fourth-order valence-electron chi connectivity index (χ4n) is 4.60. The summed E-state index contributed by atoms with van der Waals surface area (Å²) in [4.78, 5) is 2.63. The van der Waals surface area contributed by atoms with Crippen molar-refractivity contribution in [3.8, 4) is 17.6 Å². The zero-order valence-corrected chi connectivity index (χ0v) is 20.8. The summed E-state index contributed by atoms with van der Waals surface area (Å²) in [5.74, 6) is 6.84. The van der Waals surface area contributed by atoms with Gasteiger partial charge in [-0.05, 0) is 60.4 Å². The van der Waals surface area contributed by atoms with Gasteiger partial charge in [-0.1, -0.05) is 65.9 Å². The third kappa shape index (κ3) is 7.34. The molecule has 0 radical (unpaired) electrons. The highest BCUT2D eigenvalue weighted by atomic mass is 35.5. The molecule has 5 heteroatoms. The van der Waals surface area contributed by atoms with Gasteiger partial charge in [-0.25, -0.2) is 0 Å². The van der Waals surface area contributed by atoms with E-state index in [2.05, 4.69) is 64.5 Å². The average molecular weight is 489 g/mol. The van der Waals surface area contributed by atoms with Crippen LogP contribution >= 0.6 is 11.6 Å². The van der Waals surface area contributed by atoms with E-state index in [9.17, 15) is 0 Å². The molecule has 3 aromatic carbocycles. The van der Waals surface area contributed by atoms with Crippen LogP contribution in [0, 0.1) is 11.8 Å². The highest BCUT2D eigenvalue weighted by Gasteiger charge is 2.30. The van der Waals surface area contributed by atoms with Crippen LogP contribution in [0.15, 0.2) is 78.9 Å². The number of hydrogen-bond donors (Lipinski definition) is 2. The van der Waals surface area contributed by atoms with Crippen molar-refractivity contribution in [1.82, 2.24) is 10.2 Å². The van der Waals surface area contributed by atoms with Crippen LogP contribution in [0.25, 0.3) is 0 Å². The second kappa shape index (κ2) is 13.3. The molecule has 1 heterocycles. The third-order valence-corrected chi connectivity index (χ3v) is 6.55. The molecule has 0 spiro atoms. The van der Waals surface area contributed by atoms with E-state index >= 15 is 0 Å². The number of ether oxygens (including phenoxy) is 1. The lowest BCUT2D eigenvalue weighted by atomic mass is 9.93. The minimum Gasteiger partial charge on any atom is -0.494 e. The van der Waals surface area contributed by atoms with E-state index in [0.29, 0.717) is 19.1 Å². The zero-order chi connectivity index (χ0) is 24.3. The van der Waals surface area contributed by atoms with Gasteiger partial charge in [0, 0.05) is 42.7 Å². The first kappa shape index (κ1) is 25.3. The van der Waals surface area contributed by atoms with Crippen molar-refractivity contribution in [3.63, 3.8) is 0 Å². The summed E-state index contributed by atoms with van der Waals surface area (Å²) in [6.07, 6.45) is 2.52. The van der Waals surface area contributed by atoms with Crippen molar-refractivity contribution >= 4 is 11.6 Å². The predicted molar refractivity (Wildman–Crippen MR) is 143 cm³/mol. The fraction of sp³-hybridized carbons (Fsp3) is 0.333. The molecule has 2 unspecified atom stereocenters. The van der Waals surface area contributed by atoms with Gasteiger partial charge < -0.3 is 15.2 Å². The Labute approximate surface area is 213 Å². The van der Waals surface area contributed by atoms with Crippen LogP contribution in [0.1, 0.15) is 42.0 Å². The Kier molecular flexibility index (Phi) is 9.63. The number of hydrogen-bond acceptors (Lipinski definition) is 4. The van der Waals surface area contributed by atoms with E-state index in [1.807, 2.05) is 36.4 Å². The van der Waals surface area contributed by atoms with Gasteiger partial charge in [0.2, 0.25) is 0 Å². The van der Waals surface area contributed by atoms with Gasteiger partial charge in [0.25, 0.3) is 0 Å². The van der Waals surface area contributed by atoms with Crippen LogP contribution in [0.4, 0.5) is 0 Å². The number of aliphatic hydroxyl groups is 1. The van der Waals surface area contributed by atoms with E-state index in [1.54, 1.807) is 0 Å². The molecule has 1 aliphatic rings. The Balaban J connectivity index is 1.38. The molecule has 182 valence electrons. The SMILES string of the molecule is OCCC#Cc1ccc(OCCCC2CNCCN2C(c2ccccc2)c2ccc(Cl)cc2)cc1. The van der Waals surface area contributed by atoms with Crippen LogP contribution in [0.3, 0.4) is 0 Å². The van der Waals surface area contributed by atoms with Crippen molar-refractivity contribution in [2.75, 3.05) is 32.8 Å². The molecule has 3 aromatic rings. The topological polar surface area (TPSA) is 44.7 Å². The van der Waals surface area contributed by atoms with Crippen molar-refractivity contribution in [2.45, 2.75) is 31.3 Å². The summed E-state index contributed by atoms with van der Waals surface area (Å²) in [5.41, 5.74) is 3.51. The maximum atomic E-state index is 8.84. The van der Waals surface area contributed by atoms with Crippen LogP contribution in [-0.2, 0) is 0 Å². The molecule has 1 fully saturated rings. The summed E-state index contributed by atoms with van der Waals surface area (Å²) in [5, 5.41) is 13.2. The molecule has 0 amide bonds. The second-order valence-electron chi connectivity index (χ2n) is 8.75. The second-order valence-corrected chi connectivity index (χ2v) is 9.19. The molecule has 2 atom stereocenters. The number of piperazine rings is 1. The molecule has 2 N–H and O–H groups in total. The predicted octanol–water partition coefficient (Wildman–Crippen LogP) is 5.30. The Bertz CT molecular complexity index is 1090. The molecular weight excluding hydrogens is 456 g/mol. The van der Waals surface area contributed by atoms with E-state index in [0.717, 1.165) is 48.8 Å². The summed E-state index contributed by atoms with van der Waals surface area (Å²) >= 11 is 6.20. The summed E-state index contributed by atoms with van der Waals surface area (Å²) in [6.45, 7) is 3.72. The molecule has 4 nitrogen and oxygen atoms in total. The first-order valence-corrected chi connectivity index (χ1v) is 12.7. The fourth-order valence-corrected chi connectivity index (χ4v) is 4.73.